The zero-order valence-corrected chi connectivity index (χ0v) is 10.8. The molecule has 0 saturated carbocycles. The first-order valence-corrected chi connectivity index (χ1v) is 6.55. The van der Waals surface area contributed by atoms with Gasteiger partial charge in [-0.25, -0.2) is 4.99 Å². The summed E-state index contributed by atoms with van der Waals surface area (Å²) in [4.78, 5) is 6.79. The molecule has 2 aromatic rings. The van der Waals surface area contributed by atoms with Crippen LogP contribution >= 0.6 is 23.4 Å². The minimum absolute atomic E-state index is 0.567. The minimum Gasteiger partial charge on any atom is -0.235 e. The van der Waals surface area contributed by atoms with Gasteiger partial charge >= 0.3 is 0 Å². The Kier molecular flexibility index (Phi) is 2.69. The van der Waals surface area contributed by atoms with Gasteiger partial charge in [0.15, 0.2) is 0 Å². The SMILES string of the molecule is Cc1ccc2c(c1)Sc1ccccc1N=C2Cl. The lowest BCUT2D eigenvalue weighted by atomic mass is 10.1. The highest BCUT2D eigenvalue weighted by molar-refractivity contribution is 7.99. The molecule has 3 heteroatoms. The Morgan fingerprint density at radius 3 is 2.76 bits per heavy atom. The second-order valence-electron chi connectivity index (χ2n) is 3.97. The van der Waals surface area contributed by atoms with Crippen LogP contribution in [0.3, 0.4) is 0 Å². The maximum Gasteiger partial charge on any atom is 0.138 e. The van der Waals surface area contributed by atoms with Crippen molar-refractivity contribution in [1.29, 1.82) is 0 Å². The van der Waals surface area contributed by atoms with Gasteiger partial charge in [0, 0.05) is 15.4 Å². The predicted molar refractivity (Wildman–Crippen MR) is 73.8 cm³/mol. The molecule has 3 rings (SSSR count). The molecule has 0 saturated heterocycles. The van der Waals surface area contributed by atoms with E-state index < -0.39 is 0 Å². The Morgan fingerprint density at radius 2 is 1.88 bits per heavy atom. The van der Waals surface area contributed by atoms with Crippen LogP contribution < -0.4 is 0 Å². The lowest BCUT2D eigenvalue weighted by Gasteiger charge is -2.05. The number of nitrogens with zero attached hydrogens (tertiary/aromatic N) is 1. The van der Waals surface area contributed by atoms with Gasteiger partial charge in [-0.3, -0.25) is 0 Å². The van der Waals surface area contributed by atoms with Crippen molar-refractivity contribution in [2.24, 2.45) is 4.99 Å². The molecular formula is C14H10ClNS. The first-order valence-electron chi connectivity index (χ1n) is 5.36. The van der Waals surface area contributed by atoms with Gasteiger partial charge in [0.25, 0.3) is 0 Å². The summed E-state index contributed by atoms with van der Waals surface area (Å²) < 4.78 is 0. The molecule has 1 aliphatic heterocycles. The Labute approximate surface area is 110 Å². The fourth-order valence-corrected chi connectivity index (χ4v) is 3.24. The first-order chi connectivity index (χ1) is 8.24. The summed E-state index contributed by atoms with van der Waals surface area (Å²) in [5, 5.41) is 0.567. The van der Waals surface area contributed by atoms with Gasteiger partial charge in [-0.15, -0.1) is 0 Å². The minimum atomic E-state index is 0.567. The summed E-state index contributed by atoms with van der Waals surface area (Å²) in [5.41, 5.74) is 3.19. The summed E-state index contributed by atoms with van der Waals surface area (Å²) in [6.45, 7) is 2.09. The van der Waals surface area contributed by atoms with E-state index in [-0.39, 0.29) is 0 Å². The Morgan fingerprint density at radius 1 is 1.06 bits per heavy atom. The standard InChI is InChI=1S/C14H10ClNS/c1-9-6-7-10-13(8-9)17-12-5-3-2-4-11(12)16-14(10)15/h2-8H,1H3. The van der Waals surface area contributed by atoms with Crippen molar-refractivity contribution >= 4 is 34.2 Å². The average molecular weight is 260 g/mol. The molecule has 0 bridgehead atoms. The summed E-state index contributed by atoms with van der Waals surface area (Å²) >= 11 is 7.99. The molecule has 2 aromatic carbocycles. The number of aliphatic imine (C=N–C) groups is 1. The normalized spacial score (nSPS) is 13.4. The second-order valence-corrected chi connectivity index (χ2v) is 5.41. The number of rotatable bonds is 0. The predicted octanol–water partition coefficient (Wildman–Crippen LogP) is 4.78. The topological polar surface area (TPSA) is 12.4 Å². The largest absolute Gasteiger partial charge is 0.235 e. The van der Waals surface area contributed by atoms with Crippen LogP contribution in [-0.4, -0.2) is 5.17 Å². The zero-order valence-electron chi connectivity index (χ0n) is 9.27. The van der Waals surface area contributed by atoms with E-state index in [2.05, 4.69) is 30.1 Å². The van der Waals surface area contributed by atoms with Gasteiger partial charge in [-0.2, -0.15) is 0 Å². The van der Waals surface area contributed by atoms with E-state index in [0.717, 1.165) is 16.1 Å². The van der Waals surface area contributed by atoms with Crippen LogP contribution in [0.4, 0.5) is 5.69 Å². The Hall–Kier alpha value is -1.25. The van der Waals surface area contributed by atoms with E-state index in [9.17, 15) is 0 Å². The number of benzene rings is 2. The van der Waals surface area contributed by atoms with Gasteiger partial charge in [-0.05, 0) is 30.7 Å². The van der Waals surface area contributed by atoms with Gasteiger partial charge < -0.3 is 0 Å². The van der Waals surface area contributed by atoms with E-state index in [1.165, 1.54) is 10.5 Å². The molecular weight excluding hydrogens is 250 g/mol. The van der Waals surface area contributed by atoms with Gasteiger partial charge in [0.2, 0.25) is 0 Å². The van der Waals surface area contributed by atoms with E-state index in [1.807, 2.05) is 24.3 Å². The molecule has 1 aliphatic rings. The van der Waals surface area contributed by atoms with Crippen molar-refractivity contribution in [3.63, 3.8) is 0 Å². The third-order valence-corrected chi connectivity index (χ3v) is 4.07. The van der Waals surface area contributed by atoms with E-state index in [1.54, 1.807) is 11.8 Å². The number of para-hydroxylation sites is 1. The highest BCUT2D eigenvalue weighted by Gasteiger charge is 2.15. The first kappa shape index (κ1) is 10.9. The molecule has 17 heavy (non-hydrogen) atoms. The second kappa shape index (κ2) is 4.21. The number of halogens is 1. The summed E-state index contributed by atoms with van der Waals surface area (Å²) in [5.74, 6) is 0. The van der Waals surface area contributed by atoms with Crippen LogP contribution in [0, 0.1) is 6.92 Å². The number of aryl methyl sites for hydroxylation is 1. The molecule has 84 valence electrons. The molecule has 1 nitrogen and oxygen atoms in total. The molecule has 1 heterocycles. The van der Waals surface area contributed by atoms with Crippen molar-refractivity contribution in [2.45, 2.75) is 16.7 Å². The maximum atomic E-state index is 6.27. The third-order valence-electron chi connectivity index (χ3n) is 2.66. The lowest BCUT2D eigenvalue weighted by Crippen LogP contribution is -1.92. The van der Waals surface area contributed by atoms with Crippen molar-refractivity contribution in [1.82, 2.24) is 0 Å². The molecule has 0 fully saturated rings. The Bertz CT molecular complexity index is 619. The van der Waals surface area contributed by atoms with Crippen LogP contribution in [0.25, 0.3) is 0 Å². The average Bonchev–Trinajstić information content (AvgIpc) is 2.44. The fourth-order valence-electron chi connectivity index (χ4n) is 1.80. The van der Waals surface area contributed by atoms with E-state index in [0.29, 0.717) is 5.17 Å². The Balaban J connectivity index is 2.24. The molecule has 0 amide bonds. The van der Waals surface area contributed by atoms with Crippen LogP contribution in [0.15, 0.2) is 57.2 Å². The number of hydrogen-bond donors (Lipinski definition) is 0. The van der Waals surface area contributed by atoms with Crippen LogP contribution in [-0.2, 0) is 0 Å². The van der Waals surface area contributed by atoms with Gasteiger partial charge in [0.1, 0.15) is 5.17 Å². The van der Waals surface area contributed by atoms with Crippen LogP contribution in [0.2, 0.25) is 0 Å². The summed E-state index contributed by atoms with van der Waals surface area (Å²) in [6.07, 6.45) is 0. The van der Waals surface area contributed by atoms with Crippen molar-refractivity contribution in [2.75, 3.05) is 0 Å². The highest BCUT2D eigenvalue weighted by atomic mass is 35.5. The summed E-state index contributed by atoms with van der Waals surface area (Å²) in [6, 6.07) is 14.3. The molecule has 0 unspecified atom stereocenters. The monoisotopic (exact) mass is 259 g/mol. The molecule has 0 N–H and O–H groups in total. The van der Waals surface area contributed by atoms with Crippen LogP contribution in [0.1, 0.15) is 11.1 Å². The van der Waals surface area contributed by atoms with Crippen molar-refractivity contribution in [3.05, 3.63) is 53.6 Å². The lowest BCUT2D eigenvalue weighted by molar-refractivity contribution is 1.34. The molecule has 0 aromatic heterocycles. The van der Waals surface area contributed by atoms with E-state index in [4.69, 9.17) is 11.6 Å². The zero-order chi connectivity index (χ0) is 11.8. The number of hydrogen-bond acceptors (Lipinski definition) is 2. The van der Waals surface area contributed by atoms with E-state index >= 15 is 0 Å². The van der Waals surface area contributed by atoms with Gasteiger partial charge in [0.05, 0.1) is 5.69 Å². The fraction of sp³-hybridized carbons (Fsp3) is 0.0714. The quantitative estimate of drug-likeness (QED) is 0.663. The molecule has 0 aliphatic carbocycles. The molecule has 0 atom stereocenters. The van der Waals surface area contributed by atoms with Gasteiger partial charge in [-0.1, -0.05) is 47.6 Å². The molecule has 0 spiro atoms. The van der Waals surface area contributed by atoms with Crippen molar-refractivity contribution < 1.29 is 0 Å². The van der Waals surface area contributed by atoms with Crippen molar-refractivity contribution in [3.8, 4) is 0 Å². The maximum absolute atomic E-state index is 6.27. The summed E-state index contributed by atoms with van der Waals surface area (Å²) in [7, 11) is 0. The third kappa shape index (κ3) is 1.99. The highest BCUT2D eigenvalue weighted by Crippen LogP contribution is 2.40. The van der Waals surface area contributed by atoms with Crippen LogP contribution in [0.5, 0.6) is 0 Å². The molecule has 0 radical (unpaired) electrons. The number of fused-ring (bicyclic) bond motifs is 2. The smallest absolute Gasteiger partial charge is 0.138 e.